The Morgan fingerprint density at radius 2 is 1.83 bits per heavy atom. The molecule has 0 aliphatic carbocycles. The number of nitrogens with zero attached hydrogens (tertiary/aromatic N) is 4. The van der Waals surface area contributed by atoms with E-state index in [1.54, 1.807) is 30.3 Å². The van der Waals surface area contributed by atoms with E-state index in [1.165, 1.54) is 20.5 Å². The van der Waals surface area contributed by atoms with Crippen LogP contribution in [0.2, 0.25) is 5.02 Å². The molecule has 0 radical (unpaired) electrons. The Kier molecular flexibility index (Phi) is 10.9. The Morgan fingerprint density at radius 3 is 2.50 bits per heavy atom. The number of piperidine rings is 1. The Labute approximate surface area is 274 Å². The molecule has 0 unspecified atom stereocenters. The number of likely N-dealkylation sites (tertiary alicyclic amines) is 1. The Balaban J connectivity index is 1.41. The van der Waals surface area contributed by atoms with Gasteiger partial charge in [-0.3, -0.25) is 0 Å². The summed E-state index contributed by atoms with van der Waals surface area (Å²) in [7, 11) is -1.81. The van der Waals surface area contributed by atoms with Crippen LogP contribution in [0.3, 0.4) is 0 Å². The molecular weight excluding hydrogens is 665 g/mol. The van der Waals surface area contributed by atoms with Gasteiger partial charge in [0.05, 0.1) is 27.4 Å². The normalized spacial score (nSPS) is 17.1. The summed E-state index contributed by atoms with van der Waals surface area (Å²) < 4.78 is 93.2. The van der Waals surface area contributed by atoms with Crippen LogP contribution in [0.15, 0.2) is 65.8 Å². The van der Waals surface area contributed by atoms with E-state index in [1.807, 2.05) is 17.0 Å². The zero-order valence-electron chi connectivity index (χ0n) is 25.0. The molecule has 1 fully saturated rings. The number of anilines is 1. The number of alkyl halides is 1. The molecule has 2 atom stereocenters. The van der Waals surface area contributed by atoms with Gasteiger partial charge in [-0.1, -0.05) is 23.7 Å². The molecule has 46 heavy (non-hydrogen) atoms. The molecule has 1 aromatic heterocycles. The van der Waals surface area contributed by atoms with Crippen molar-refractivity contribution in [3.8, 4) is 17.2 Å². The lowest BCUT2D eigenvalue weighted by molar-refractivity contribution is 0.104. The van der Waals surface area contributed by atoms with Crippen LogP contribution >= 0.6 is 23.1 Å². The quantitative estimate of drug-likeness (QED) is 0.160. The zero-order valence-corrected chi connectivity index (χ0v) is 27.4. The second-order valence-corrected chi connectivity index (χ2v) is 13.7. The first-order valence-corrected chi connectivity index (χ1v) is 16.9. The van der Waals surface area contributed by atoms with Crippen molar-refractivity contribution in [2.45, 2.75) is 23.8 Å². The fourth-order valence-corrected chi connectivity index (χ4v) is 7.87. The lowest BCUT2D eigenvalue weighted by atomic mass is 9.81. The second-order valence-electron chi connectivity index (χ2n) is 10.6. The lowest BCUT2D eigenvalue weighted by Crippen LogP contribution is -2.42. The number of ether oxygens (including phenoxy) is 3. The minimum absolute atomic E-state index is 0.00723. The molecule has 2 heterocycles. The molecule has 15 heteroatoms. The minimum Gasteiger partial charge on any atom is -0.497 e. The van der Waals surface area contributed by atoms with Gasteiger partial charge in [0.1, 0.15) is 35.2 Å². The summed E-state index contributed by atoms with van der Waals surface area (Å²) in [4.78, 5) is 5.08. The molecule has 4 aromatic rings. The van der Waals surface area contributed by atoms with Crippen LogP contribution in [0, 0.1) is 17.6 Å². The number of halogens is 4. The standard InChI is InChI=1S/C31H32ClF3N4O5S2/c1-42-24-8-5-21(28(13-24)43-2)17-39(31-36-19-37-45-31)46(40,41)30-15-26(34)29(14-27(30)35)44-18-22-16-38(12-10-33)11-9-25(22)20-3-6-23(32)7-4-20/h3-8,13-15,19,22,25H,9-12,16-18H2,1-2H3/t22-,25-/m1/s1. The number of hydrogen-bond donors (Lipinski definition) is 0. The Hall–Kier alpha value is -3.59. The van der Waals surface area contributed by atoms with Gasteiger partial charge < -0.3 is 19.1 Å². The highest BCUT2D eigenvalue weighted by Crippen LogP contribution is 2.36. The van der Waals surface area contributed by atoms with Crippen molar-refractivity contribution in [1.29, 1.82) is 0 Å². The lowest BCUT2D eigenvalue weighted by Gasteiger charge is -2.38. The van der Waals surface area contributed by atoms with Crippen molar-refractivity contribution in [3.05, 3.63) is 88.7 Å². The summed E-state index contributed by atoms with van der Waals surface area (Å²) in [5.74, 6) is -2.06. The molecule has 0 amide bonds. The third kappa shape index (κ3) is 7.51. The summed E-state index contributed by atoms with van der Waals surface area (Å²) in [5, 5.41) is 0.535. The van der Waals surface area contributed by atoms with E-state index in [4.69, 9.17) is 25.8 Å². The second kappa shape index (κ2) is 14.9. The van der Waals surface area contributed by atoms with E-state index < -0.39 is 39.0 Å². The van der Waals surface area contributed by atoms with Gasteiger partial charge in [-0.15, -0.1) is 0 Å². The van der Waals surface area contributed by atoms with E-state index in [2.05, 4.69) is 9.36 Å². The number of methoxy groups -OCH3 is 2. The molecule has 9 nitrogen and oxygen atoms in total. The van der Waals surface area contributed by atoms with E-state index in [-0.39, 0.29) is 36.7 Å². The molecule has 0 N–H and O–H groups in total. The zero-order chi connectivity index (χ0) is 32.8. The van der Waals surface area contributed by atoms with Crippen LogP contribution in [0.25, 0.3) is 0 Å². The maximum absolute atomic E-state index is 15.6. The van der Waals surface area contributed by atoms with E-state index in [0.29, 0.717) is 47.7 Å². The monoisotopic (exact) mass is 696 g/mol. The predicted molar refractivity (Wildman–Crippen MR) is 169 cm³/mol. The smallest absolute Gasteiger partial charge is 0.269 e. The molecule has 1 aliphatic rings. The molecule has 5 rings (SSSR count). The van der Waals surface area contributed by atoms with Crippen LogP contribution < -0.4 is 18.5 Å². The summed E-state index contributed by atoms with van der Waals surface area (Å²) in [6, 6.07) is 13.5. The largest absolute Gasteiger partial charge is 0.497 e. The minimum atomic E-state index is -4.70. The highest BCUT2D eigenvalue weighted by atomic mass is 35.5. The first-order chi connectivity index (χ1) is 22.1. The van der Waals surface area contributed by atoms with Gasteiger partial charge >= 0.3 is 0 Å². The first-order valence-electron chi connectivity index (χ1n) is 14.3. The number of rotatable bonds is 13. The average molecular weight is 697 g/mol. The van der Waals surface area contributed by atoms with Crippen LogP contribution in [0.5, 0.6) is 17.2 Å². The van der Waals surface area contributed by atoms with Crippen molar-refractivity contribution >= 4 is 38.3 Å². The van der Waals surface area contributed by atoms with Gasteiger partial charge in [0, 0.05) is 59.3 Å². The fourth-order valence-electron chi connectivity index (χ4n) is 5.55. The van der Waals surface area contributed by atoms with E-state index >= 15 is 8.78 Å². The summed E-state index contributed by atoms with van der Waals surface area (Å²) >= 11 is 6.85. The molecule has 1 saturated heterocycles. The number of sulfonamides is 1. The summed E-state index contributed by atoms with van der Waals surface area (Å²) in [6.07, 6.45) is 1.88. The maximum Gasteiger partial charge on any atom is 0.269 e. The third-order valence-electron chi connectivity index (χ3n) is 7.90. The summed E-state index contributed by atoms with van der Waals surface area (Å²) in [5.41, 5.74) is 1.43. The van der Waals surface area contributed by atoms with Gasteiger partial charge in [0.15, 0.2) is 11.6 Å². The summed E-state index contributed by atoms with van der Waals surface area (Å²) in [6.45, 7) is 0.594. The van der Waals surface area contributed by atoms with Gasteiger partial charge in [-0.05, 0) is 48.7 Å². The molecule has 3 aromatic carbocycles. The Bertz CT molecular complexity index is 1730. The van der Waals surface area contributed by atoms with Crippen molar-refractivity contribution in [1.82, 2.24) is 14.3 Å². The van der Waals surface area contributed by atoms with Crippen molar-refractivity contribution < 1.29 is 35.8 Å². The van der Waals surface area contributed by atoms with Crippen LogP contribution in [-0.2, 0) is 16.6 Å². The van der Waals surface area contributed by atoms with Crippen LogP contribution in [-0.4, -0.2) is 69.8 Å². The highest BCUT2D eigenvalue weighted by Gasteiger charge is 2.34. The molecule has 1 aliphatic heterocycles. The maximum atomic E-state index is 15.6. The molecule has 0 spiro atoms. The predicted octanol–water partition coefficient (Wildman–Crippen LogP) is 6.34. The van der Waals surface area contributed by atoms with Crippen molar-refractivity contribution in [2.75, 3.05) is 51.4 Å². The van der Waals surface area contributed by atoms with Crippen molar-refractivity contribution in [3.63, 3.8) is 0 Å². The number of hydrogen-bond acceptors (Lipinski definition) is 9. The Morgan fingerprint density at radius 1 is 1.04 bits per heavy atom. The van der Waals surface area contributed by atoms with E-state index in [0.717, 1.165) is 27.5 Å². The van der Waals surface area contributed by atoms with Crippen LogP contribution in [0.4, 0.5) is 18.3 Å². The number of aromatic nitrogens is 2. The third-order valence-corrected chi connectivity index (χ3v) is 10.7. The highest BCUT2D eigenvalue weighted by molar-refractivity contribution is 7.93. The SMILES string of the molecule is COc1ccc(CN(c2ncns2)S(=O)(=O)c2cc(F)c(OC[C@H]3CN(CCF)CC[C@@H]3c3ccc(Cl)cc3)cc2F)c(OC)c1. The molecule has 0 bridgehead atoms. The molecule has 0 saturated carbocycles. The van der Waals surface area contributed by atoms with Crippen LogP contribution in [0.1, 0.15) is 23.5 Å². The van der Waals surface area contributed by atoms with Gasteiger partial charge in [0.25, 0.3) is 10.0 Å². The van der Waals surface area contributed by atoms with Gasteiger partial charge in [-0.2, -0.15) is 4.37 Å². The first kappa shape index (κ1) is 33.8. The van der Waals surface area contributed by atoms with E-state index in [9.17, 15) is 12.8 Å². The van der Waals surface area contributed by atoms with Gasteiger partial charge in [0.2, 0.25) is 5.13 Å². The topological polar surface area (TPSA) is 94.1 Å². The average Bonchev–Trinajstić information content (AvgIpc) is 3.59. The number of benzene rings is 3. The molecular formula is C31H32ClF3N4O5S2. The molecule has 246 valence electrons. The fraction of sp³-hybridized carbons (Fsp3) is 0.355. The van der Waals surface area contributed by atoms with Gasteiger partial charge in [-0.25, -0.2) is 30.9 Å². The van der Waals surface area contributed by atoms with Crippen molar-refractivity contribution in [2.24, 2.45) is 5.92 Å².